The fourth-order valence-electron chi connectivity index (χ4n) is 4.88. The minimum atomic E-state index is -0.860. The molecule has 1 aromatic rings. The van der Waals surface area contributed by atoms with E-state index in [2.05, 4.69) is 38.8 Å². The number of rotatable bonds is 2. The smallest absolute Gasteiger partial charge is 0.239 e. The van der Waals surface area contributed by atoms with Crippen LogP contribution < -0.4 is 4.90 Å². The van der Waals surface area contributed by atoms with Gasteiger partial charge in [-0.05, 0) is 61.1 Å². The van der Waals surface area contributed by atoms with Crippen molar-refractivity contribution < 1.29 is 9.18 Å². The summed E-state index contributed by atoms with van der Waals surface area (Å²) in [6.07, 6.45) is 3.59. The molecule has 0 bridgehead atoms. The van der Waals surface area contributed by atoms with E-state index in [4.69, 9.17) is 0 Å². The Balaban J connectivity index is 1.62. The molecule has 1 atom stereocenters. The van der Waals surface area contributed by atoms with E-state index in [1.54, 1.807) is 24.8 Å². The molecule has 5 nitrogen and oxygen atoms in total. The van der Waals surface area contributed by atoms with Gasteiger partial charge in [-0.25, -0.2) is 4.98 Å². The highest BCUT2D eigenvalue weighted by Gasteiger charge is 2.57. The van der Waals surface area contributed by atoms with Gasteiger partial charge in [0, 0.05) is 25.4 Å². The number of carbonyl (C=O) groups excluding carboxylic acids is 1. The number of aromatic nitrogens is 1. The fraction of sp³-hybridized carbons (Fsp3) is 0.650. The van der Waals surface area contributed by atoms with Gasteiger partial charge in [-0.1, -0.05) is 6.92 Å². The van der Waals surface area contributed by atoms with E-state index in [1.165, 1.54) is 6.42 Å². The normalized spacial score (nSPS) is 32.7. The molecule has 1 saturated carbocycles. The summed E-state index contributed by atoms with van der Waals surface area (Å²) in [5, 5.41) is 9.92. The van der Waals surface area contributed by atoms with Gasteiger partial charge in [0.1, 0.15) is 5.54 Å². The zero-order valence-electron chi connectivity index (χ0n) is 15.9. The first kappa shape index (κ1) is 18.8. The number of carbonyl (C=O) groups is 1. The third-order valence-electron chi connectivity index (χ3n) is 6.50. The Labute approximate surface area is 167 Å². The van der Waals surface area contributed by atoms with Crippen LogP contribution in [-0.2, 0) is 10.2 Å². The van der Waals surface area contributed by atoms with Gasteiger partial charge >= 0.3 is 0 Å². The Kier molecular flexibility index (Phi) is 4.36. The third kappa shape index (κ3) is 2.72. The number of hydrogen-bond acceptors (Lipinski definition) is 4. The molecule has 1 aliphatic carbocycles. The van der Waals surface area contributed by atoms with Gasteiger partial charge in [0.15, 0.2) is 0 Å². The molecule has 3 aliphatic rings. The molecule has 27 heavy (non-hydrogen) atoms. The van der Waals surface area contributed by atoms with Crippen molar-refractivity contribution in [3.63, 3.8) is 0 Å². The van der Waals surface area contributed by atoms with Crippen LogP contribution in [0.5, 0.6) is 0 Å². The lowest BCUT2D eigenvalue weighted by atomic mass is 9.70. The zero-order chi connectivity index (χ0) is 19.6. The number of likely N-dealkylation sites (tertiary alicyclic amines) is 1. The molecule has 0 N–H and O–H groups in total. The molecule has 0 radical (unpaired) electrons. The van der Waals surface area contributed by atoms with Crippen LogP contribution in [0.2, 0.25) is 0 Å². The minimum Gasteiger partial charge on any atom is -0.306 e. The van der Waals surface area contributed by atoms with Crippen molar-refractivity contribution >= 4 is 27.5 Å². The van der Waals surface area contributed by atoms with Gasteiger partial charge in [0.05, 0.1) is 27.3 Å². The molecule has 1 unspecified atom stereocenters. The van der Waals surface area contributed by atoms with E-state index in [9.17, 15) is 14.4 Å². The number of fused-ring (bicyclic) bond motifs is 1. The molecule has 2 fully saturated rings. The van der Waals surface area contributed by atoms with Crippen molar-refractivity contribution in [3.8, 4) is 6.07 Å². The zero-order valence-corrected chi connectivity index (χ0v) is 17.5. The molecular formula is C20H24BrFN4O. The minimum absolute atomic E-state index is 0.0472. The average molecular weight is 435 g/mol. The predicted molar refractivity (Wildman–Crippen MR) is 104 cm³/mol. The van der Waals surface area contributed by atoms with E-state index in [0.29, 0.717) is 30.1 Å². The summed E-state index contributed by atoms with van der Waals surface area (Å²) in [5.41, 5.74) is -0.199. The summed E-state index contributed by atoms with van der Waals surface area (Å²) in [6.45, 7) is 7.69. The Morgan fingerprint density at radius 1 is 1.41 bits per heavy atom. The van der Waals surface area contributed by atoms with E-state index in [0.717, 1.165) is 19.5 Å². The maximum atomic E-state index is 14.0. The van der Waals surface area contributed by atoms with Gasteiger partial charge in [-0.2, -0.15) is 9.65 Å². The third-order valence-corrected chi connectivity index (χ3v) is 7.06. The second-order valence-electron chi connectivity index (χ2n) is 8.83. The van der Waals surface area contributed by atoms with Gasteiger partial charge in [0.2, 0.25) is 11.9 Å². The first-order valence-corrected chi connectivity index (χ1v) is 10.4. The van der Waals surface area contributed by atoms with Crippen LogP contribution in [-0.4, -0.2) is 40.5 Å². The van der Waals surface area contributed by atoms with E-state index in [1.807, 2.05) is 0 Å². The SMILES string of the molecule is CC1CCCN([C@]2(C#N)C[C@H](N3C(=O)C(C)(C)c4nc(F)c(Br)cc43)C2)C1. The summed E-state index contributed by atoms with van der Waals surface area (Å²) in [5.74, 6) is -0.0657. The summed E-state index contributed by atoms with van der Waals surface area (Å²) in [4.78, 5) is 21.2. The van der Waals surface area contributed by atoms with Gasteiger partial charge in [0.25, 0.3) is 0 Å². The fourth-order valence-corrected chi connectivity index (χ4v) is 5.18. The van der Waals surface area contributed by atoms with Crippen LogP contribution in [0, 0.1) is 23.2 Å². The van der Waals surface area contributed by atoms with Crippen molar-refractivity contribution in [2.45, 2.75) is 63.5 Å². The molecule has 0 aromatic carbocycles. The Bertz CT molecular complexity index is 843. The van der Waals surface area contributed by atoms with Crippen LogP contribution in [0.3, 0.4) is 0 Å². The second kappa shape index (κ2) is 6.25. The lowest BCUT2D eigenvalue weighted by Gasteiger charge is -2.54. The van der Waals surface area contributed by atoms with Crippen molar-refractivity contribution in [2.24, 2.45) is 5.92 Å². The number of halogens is 2. The van der Waals surface area contributed by atoms with Gasteiger partial charge in [-0.3, -0.25) is 9.69 Å². The van der Waals surface area contributed by atoms with Crippen LogP contribution in [0.15, 0.2) is 10.5 Å². The second-order valence-corrected chi connectivity index (χ2v) is 9.68. The number of pyridine rings is 1. The van der Waals surface area contributed by atoms with E-state index in [-0.39, 0.29) is 16.4 Å². The number of amides is 1. The first-order valence-electron chi connectivity index (χ1n) is 9.56. The lowest BCUT2D eigenvalue weighted by molar-refractivity contribution is -0.123. The van der Waals surface area contributed by atoms with E-state index >= 15 is 0 Å². The number of nitrogens with zero attached hydrogens (tertiary/aromatic N) is 4. The Morgan fingerprint density at radius 3 is 2.74 bits per heavy atom. The van der Waals surface area contributed by atoms with Gasteiger partial charge < -0.3 is 4.90 Å². The highest BCUT2D eigenvalue weighted by Crippen LogP contribution is 2.49. The topological polar surface area (TPSA) is 60.2 Å². The quantitative estimate of drug-likeness (QED) is 0.664. The predicted octanol–water partition coefficient (Wildman–Crippen LogP) is 3.76. The molecule has 1 amide bonds. The van der Waals surface area contributed by atoms with Crippen molar-refractivity contribution in [1.29, 1.82) is 5.26 Å². The van der Waals surface area contributed by atoms with Crippen molar-refractivity contribution in [2.75, 3.05) is 18.0 Å². The molecule has 2 aliphatic heterocycles. The summed E-state index contributed by atoms with van der Waals surface area (Å²) >= 11 is 3.19. The molecule has 1 aromatic heterocycles. The van der Waals surface area contributed by atoms with Crippen molar-refractivity contribution in [3.05, 3.63) is 22.2 Å². The van der Waals surface area contributed by atoms with Crippen LogP contribution in [0.25, 0.3) is 0 Å². The molecule has 4 rings (SSSR count). The summed E-state index contributed by atoms with van der Waals surface area (Å²) in [7, 11) is 0. The van der Waals surface area contributed by atoms with Crippen molar-refractivity contribution in [1.82, 2.24) is 9.88 Å². The Hall–Kier alpha value is -1.52. The molecule has 3 heterocycles. The van der Waals surface area contributed by atoms with Crippen LogP contribution >= 0.6 is 15.9 Å². The highest BCUT2D eigenvalue weighted by atomic mass is 79.9. The summed E-state index contributed by atoms with van der Waals surface area (Å²) < 4.78 is 14.2. The standard InChI is InChI=1S/C20H24BrFN4O/c1-12-5-4-6-25(10-12)20(11-23)8-13(9-20)26-15-7-14(21)17(22)24-16(15)19(2,3)18(26)27/h7,12-13H,4-6,8-10H2,1-3H3/t12?,13-,20+. The number of anilines is 1. The number of nitriles is 1. The highest BCUT2D eigenvalue weighted by molar-refractivity contribution is 9.10. The molecule has 144 valence electrons. The van der Waals surface area contributed by atoms with Crippen LogP contribution in [0.1, 0.15) is 52.1 Å². The van der Waals surface area contributed by atoms with E-state index < -0.39 is 16.9 Å². The maximum Gasteiger partial charge on any atom is 0.239 e. The average Bonchev–Trinajstić information content (AvgIpc) is 2.76. The largest absolute Gasteiger partial charge is 0.306 e. The Morgan fingerprint density at radius 2 is 2.11 bits per heavy atom. The number of piperidine rings is 1. The number of hydrogen-bond donors (Lipinski definition) is 0. The van der Waals surface area contributed by atoms with Gasteiger partial charge in [-0.15, -0.1) is 0 Å². The lowest BCUT2D eigenvalue weighted by Crippen LogP contribution is -2.65. The molecule has 0 spiro atoms. The summed E-state index contributed by atoms with van der Waals surface area (Å²) in [6, 6.07) is 4.15. The van der Waals surface area contributed by atoms with Crippen LogP contribution in [0.4, 0.5) is 10.1 Å². The first-order chi connectivity index (χ1) is 12.7. The molecule has 1 saturated heterocycles. The molecule has 7 heteroatoms. The monoisotopic (exact) mass is 434 g/mol. The maximum absolute atomic E-state index is 14.0. The molecular weight excluding hydrogens is 411 g/mol.